The molecule has 2 aliphatic heterocycles. The molecule has 0 aromatic rings. The molecule has 76 valence electrons. The summed E-state index contributed by atoms with van der Waals surface area (Å²) >= 11 is 0. The van der Waals surface area contributed by atoms with Gasteiger partial charge in [0.1, 0.15) is 0 Å². The second kappa shape index (κ2) is 3.58. The highest BCUT2D eigenvalue weighted by Crippen LogP contribution is 2.35. The smallest absolute Gasteiger partial charge is 0.0853 e. The molecule has 2 fully saturated rings. The third-order valence-electron chi connectivity index (χ3n) is 3.66. The van der Waals surface area contributed by atoms with E-state index in [0.29, 0.717) is 5.92 Å². The Balaban J connectivity index is 1.89. The zero-order valence-corrected chi connectivity index (χ0v) is 8.88. The molecule has 0 amide bonds. The van der Waals surface area contributed by atoms with Crippen LogP contribution in [0.1, 0.15) is 33.1 Å². The highest BCUT2D eigenvalue weighted by Gasteiger charge is 2.42. The van der Waals surface area contributed by atoms with Gasteiger partial charge in [-0.25, -0.2) is 0 Å². The monoisotopic (exact) mass is 183 g/mol. The lowest BCUT2D eigenvalue weighted by atomic mass is 9.83. The lowest BCUT2D eigenvalue weighted by Crippen LogP contribution is -2.55. The summed E-state index contributed by atoms with van der Waals surface area (Å²) in [5.41, 5.74) is 0.213. The lowest BCUT2D eigenvalue weighted by Gasteiger charge is -2.47. The van der Waals surface area contributed by atoms with Crippen LogP contribution in [0.25, 0.3) is 0 Å². The van der Waals surface area contributed by atoms with Gasteiger partial charge in [-0.3, -0.25) is 0 Å². The van der Waals surface area contributed by atoms with Gasteiger partial charge in [-0.2, -0.15) is 0 Å². The summed E-state index contributed by atoms with van der Waals surface area (Å²) in [5, 5.41) is 0. The van der Waals surface area contributed by atoms with Gasteiger partial charge in [-0.05, 0) is 31.8 Å². The molecule has 2 heterocycles. The van der Waals surface area contributed by atoms with Crippen molar-refractivity contribution in [1.29, 1.82) is 0 Å². The molecular formula is C11H21NO. The predicted octanol–water partition coefficient (Wildman–Crippen LogP) is 1.90. The van der Waals surface area contributed by atoms with Crippen molar-refractivity contribution in [3.8, 4) is 0 Å². The molecule has 0 aromatic carbocycles. The van der Waals surface area contributed by atoms with Crippen molar-refractivity contribution in [3.05, 3.63) is 0 Å². The van der Waals surface area contributed by atoms with E-state index in [2.05, 4.69) is 18.7 Å². The molecule has 2 rings (SSSR count). The van der Waals surface area contributed by atoms with Crippen LogP contribution in [0.2, 0.25) is 0 Å². The molecule has 0 radical (unpaired) electrons. The lowest BCUT2D eigenvalue weighted by molar-refractivity contribution is -0.183. The molecule has 0 aromatic heterocycles. The van der Waals surface area contributed by atoms with Crippen molar-refractivity contribution in [2.24, 2.45) is 5.92 Å². The van der Waals surface area contributed by atoms with Crippen LogP contribution in [0.5, 0.6) is 0 Å². The molecule has 2 aliphatic rings. The van der Waals surface area contributed by atoms with Crippen molar-refractivity contribution < 1.29 is 4.74 Å². The Labute approximate surface area is 81.3 Å². The maximum atomic E-state index is 5.80. The van der Waals surface area contributed by atoms with Crippen molar-refractivity contribution in [1.82, 2.24) is 4.90 Å². The number of ether oxygens (including phenoxy) is 1. The van der Waals surface area contributed by atoms with Gasteiger partial charge in [0, 0.05) is 13.0 Å². The quantitative estimate of drug-likeness (QED) is 0.662. The van der Waals surface area contributed by atoms with E-state index in [1.54, 1.807) is 0 Å². The van der Waals surface area contributed by atoms with Crippen LogP contribution in [0.3, 0.4) is 0 Å². The topological polar surface area (TPSA) is 12.5 Å². The van der Waals surface area contributed by atoms with Crippen molar-refractivity contribution in [2.75, 3.05) is 26.2 Å². The summed E-state index contributed by atoms with van der Waals surface area (Å²) in [6, 6.07) is 0. The zero-order valence-electron chi connectivity index (χ0n) is 8.88. The Morgan fingerprint density at radius 1 is 1.31 bits per heavy atom. The van der Waals surface area contributed by atoms with Gasteiger partial charge < -0.3 is 9.64 Å². The van der Waals surface area contributed by atoms with E-state index >= 15 is 0 Å². The Morgan fingerprint density at radius 3 is 2.31 bits per heavy atom. The summed E-state index contributed by atoms with van der Waals surface area (Å²) in [5.74, 6) is 0.668. The predicted molar refractivity (Wildman–Crippen MR) is 53.8 cm³/mol. The number of rotatable bonds is 3. The van der Waals surface area contributed by atoms with Crippen molar-refractivity contribution >= 4 is 0 Å². The normalized spacial score (nSPS) is 35.3. The van der Waals surface area contributed by atoms with E-state index in [0.717, 1.165) is 6.61 Å². The number of hydrogen-bond donors (Lipinski definition) is 0. The van der Waals surface area contributed by atoms with Gasteiger partial charge in [0.25, 0.3) is 0 Å². The van der Waals surface area contributed by atoms with Gasteiger partial charge in [-0.1, -0.05) is 13.8 Å². The fourth-order valence-electron chi connectivity index (χ4n) is 2.45. The Morgan fingerprint density at radius 2 is 1.92 bits per heavy atom. The average molecular weight is 183 g/mol. The fraction of sp³-hybridized carbons (Fsp3) is 1.00. The third-order valence-corrected chi connectivity index (χ3v) is 3.66. The van der Waals surface area contributed by atoms with E-state index < -0.39 is 0 Å². The Bertz CT molecular complexity index is 169. The molecule has 0 spiro atoms. The van der Waals surface area contributed by atoms with E-state index in [1.807, 2.05) is 0 Å². The minimum Gasteiger partial charge on any atom is -0.373 e. The standard InChI is InChI=1S/C11H21NO/c1-10(2)11(5-8-13-11)9-12-6-3-4-7-12/h10H,3-9H2,1-2H3. The van der Waals surface area contributed by atoms with Crippen LogP contribution in [-0.2, 0) is 4.74 Å². The number of nitrogens with zero attached hydrogens (tertiary/aromatic N) is 1. The van der Waals surface area contributed by atoms with Crippen LogP contribution >= 0.6 is 0 Å². The summed E-state index contributed by atoms with van der Waals surface area (Å²) in [6.07, 6.45) is 4.03. The molecule has 0 aliphatic carbocycles. The third kappa shape index (κ3) is 1.75. The zero-order chi connectivity index (χ0) is 9.31. The Hall–Kier alpha value is -0.0800. The molecule has 2 heteroatoms. The summed E-state index contributed by atoms with van der Waals surface area (Å²) < 4.78 is 5.80. The summed E-state index contributed by atoms with van der Waals surface area (Å²) in [4.78, 5) is 2.57. The molecule has 0 N–H and O–H groups in total. The second-order valence-electron chi connectivity index (χ2n) is 4.80. The number of hydrogen-bond acceptors (Lipinski definition) is 2. The molecular weight excluding hydrogens is 162 g/mol. The van der Waals surface area contributed by atoms with E-state index in [9.17, 15) is 0 Å². The van der Waals surface area contributed by atoms with Gasteiger partial charge in [0.2, 0.25) is 0 Å². The average Bonchev–Trinajstić information content (AvgIpc) is 2.47. The second-order valence-corrected chi connectivity index (χ2v) is 4.80. The highest BCUT2D eigenvalue weighted by molar-refractivity contribution is 4.94. The maximum Gasteiger partial charge on any atom is 0.0853 e. The first kappa shape index (κ1) is 9.47. The summed E-state index contributed by atoms with van der Waals surface area (Å²) in [6.45, 7) is 9.30. The van der Waals surface area contributed by atoms with Gasteiger partial charge in [0.15, 0.2) is 0 Å². The molecule has 13 heavy (non-hydrogen) atoms. The number of likely N-dealkylation sites (tertiary alicyclic amines) is 1. The van der Waals surface area contributed by atoms with Gasteiger partial charge in [0.05, 0.1) is 12.2 Å². The molecule has 2 nitrogen and oxygen atoms in total. The van der Waals surface area contributed by atoms with E-state index in [1.165, 1.54) is 38.9 Å². The molecule has 0 bridgehead atoms. The van der Waals surface area contributed by atoms with Crippen LogP contribution in [0.4, 0.5) is 0 Å². The van der Waals surface area contributed by atoms with Crippen molar-refractivity contribution in [2.45, 2.75) is 38.7 Å². The molecule has 0 saturated carbocycles. The fourth-order valence-corrected chi connectivity index (χ4v) is 2.45. The minimum atomic E-state index is 0.213. The highest BCUT2D eigenvalue weighted by atomic mass is 16.5. The van der Waals surface area contributed by atoms with E-state index in [4.69, 9.17) is 4.74 Å². The van der Waals surface area contributed by atoms with Crippen LogP contribution in [0, 0.1) is 5.92 Å². The van der Waals surface area contributed by atoms with Crippen LogP contribution in [0.15, 0.2) is 0 Å². The molecule has 1 atom stereocenters. The minimum absolute atomic E-state index is 0.213. The van der Waals surface area contributed by atoms with Crippen LogP contribution < -0.4 is 0 Å². The molecule has 1 unspecified atom stereocenters. The van der Waals surface area contributed by atoms with E-state index in [-0.39, 0.29) is 5.60 Å². The first-order valence-electron chi connectivity index (χ1n) is 5.59. The van der Waals surface area contributed by atoms with Gasteiger partial charge in [-0.15, -0.1) is 0 Å². The largest absolute Gasteiger partial charge is 0.373 e. The summed E-state index contributed by atoms with van der Waals surface area (Å²) in [7, 11) is 0. The van der Waals surface area contributed by atoms with Gasteiger partial charge >= 0.3 is 0 Å². The van der Waals surface area contributed by atoms with Crippen molar-refractivity contribution in [3.63, 3.8) is 0 Å². The Kier molecular flexibility index (Phi) is 2.61. The maximum absolute atomic E-state index is 5.80. The molecule has 2 saturated heterocycles. The van der Waals surface area contributed by atoms with Crippen LogP contribution in [-0.4, -0.2) is 36.7 Å². The SMILES string of the molecule is CC(C)C1(CN2CCCC2)CCO1. The first-order chi connectivity index (χ1) is 6.23. The first-order valence-corrected chi connectivity index (χ1v) is 5.59.